The number of carbonyl (C=O) groups excluding carboxylic acids is 1. The maximum Gasteiger partial charge on any atom is 0.332 e. The second-order valence-electron chi connectivity index (χ2n) is 13.8. The summed E-state index contributed by atoms with van der Waals surface area (Å²) in [5.74, 6) is -0.388. The van der Waals surface area contributed by atoms with E-state index in [-0.39, 0.29) is 12.6 Å². The lowest BCUT2D eigenvalue weighted by Gasteiger charge is -2.36. The van der Waals surface area contributed by atoms with Crippen molar-refractivity contribution in [2.45, 2.75) is 32.0 Å². The summed E-state index contributed by atoms with van der Waals surface area (Å²) in [6.45, 7) is 14.5. The van der Waals surface area contributed by atoms with Crippen LogP contribution in [-0.2, 0) is 67.2 Å². The molecule has 0 saturated carbocycles. The Balaban J connectivity index is 1.04. The molecule has 13 heteroatoms. The van der Waals surface area contributed by atoms with Crippen LogP contribution in [0.25, 0.3) is 0 Å². The Morgan fingerprint density at radius 2 is 0.603 bits per heavy atom. The fraction of sp³-hybridized carbons (Fsp3) is 0.578. The van der Waals surface area contributed by atoms with Gasteiger partial charge in [0.1, 0.15) is 17.8 Å². The van der Waals surface area contributed by atoms with Crippen LogP contribution in [0.15, 0.2) is 91.0 Å². The first-order chi connectivity index (χ1) is 28.4. The minimum atomic E-state index is -0.757. The smallest absolute Gasteiger partial charge is 0.332 e. The first kappa shape index (κ1) is 49.1. The SMILES string of the molecule is CC(C)(C)OC(=O)COCCOCCOCCOCCOCCOCCOCCOCCOCCOCCOC(c1ccccc1)(c1ccccc1)c1ccccc1. The van der Waals surface area contributed by atoms with E-state index in [0.29, 0.717) is 132 Å². The number of esters is 1. The van der Waals surface area contributed by atoms with Gasteiger partial charge < -0.3 is 56.8 Å². The highest BCUT2D eigenvalue weighted by molar-refractivity contribution is 5.71. The van der Waals surface area contributed by atoms with Crippen molar-refractivity contribution in [1.29, 1.82) is 0 Å². The molecule has 58 heavy (non-hydrogen) atoms. The Morgan fingerprint density at radius 3 is 0.862 bits per heavy atom. The van der Waals surface area contributed by atoms with Gasteiger partial charge in [-0.25, -0.2) is 4.79 Å². The predicted molar refractivity (Wildman–Crippen MR) is 219 cm³/mol. The van der Waals surface area contributed by atoms with E-state index in [4.69, 9.17) is 56.8 Å². The molecule has 0 aliphatic rings. The van der Waals surface area contributed by atoms with Gasteiger partial charge in [0.15, 0.2) is 0 Å². The Morgan fingerprint density at radius 1 is 0.362 bits per heavy atom. The van der Waals surface area contributed by atoms with Gasteiger partial charge in [-0.1, -0.05) is 91.0 Å². The lowest BCUT2D eigenvalue weighted by molar-refractivity contribution is -0.160. The third-order valence-corrected chi connectivity index (χ3v) is 8.08. The van der Waals surface area contributed by atoms with Crippen molar-refractivity contribution in [2.24, 2.45) is 0 Å². The van der Waals surface area contributed by atoms with Crippen LogP contribution in [0.3, 0.4) is 0 Å². The molecule has 0 N–H and O–H groups in total. The first-order valence-electron chi connectivity index (χ1n) is 20.2. The molecule has 0 radical (unpaired) electrons. The van der Waals surface area contributed by atoms with Crippen LogP contribution in [0.5, 0.6) is 0 Å². The molecule has 0 amide bonds. The van der Waals surface area contributed by atoms with Gasteiger partial charge >= 0.3 is 5.97 Å². The van der Waals surface area contributed by atoms with Crippen molar-refractivity contribution in [3.63, 3.8) is 0 Å². The van der Waals surface area contributed by atoms with Gasteiger partial charge in [0, 0.05) is 0 Å². The molecule has 0 bridgehead atoms. The highest BCUT2D eigenvalue weighted by atomic mass is 16.6. The van der Waals surface area contributed by atoms with Crippen LogP contribution in [0.4, 0.5) is 0 Å². The summed E-state index contributed by atoms with van der Waals surface area (Å²) in [5, 5.41) is 0. The van der Waals surface area contributed by atoms with Crippen molar-refractivity contribution in [3.8, 4) is 0 Å². The molecule has 0 unspecified atom stereocenters. The number of hydrogen-bond acceptors (Lipinski definition) is 13. The molecule has 0 aromatic heterocycles. The van der Waals surface area contributed by atoms with Crippen LogP contribution in [0, 0.1) is 0 Å². The molecule has 0 heterocycles. The van der Waals surface area contributed by atoms with Gasteiger partial charge in [-0.3, -0.25) is 0 Å². The highest BCUT2D eigenvalue weighted by Crippen LogP contribution is 2.40. The topological polar surface area (TPSA) is 128 Å². The summed E-state index contributed by atoms with van der Waals surface area (Å²) in [5.41, 5.74) is 1.92. The number of carbonyl (C=O) groups is 1. The fourth-order valence-electron chi connectivity index (χ4n) is 5.53. The minimum Gasteiger partial charge on any atom is -0.458 e. The zero-order valence-corrected chi connectivity index (χ0v) is 34.8. The van der Waals surface area contributed by atoms with E-state index in [1.54, 1.807) is 0 Å². The summed E-state index contributed by atoms with van der Waals surface area (Å²) < 4.78 is 67.1. The van der Waals surface area contributed by atoms with Crippen molar-refractivity contribution >= 4 is 5.97 Å². The molecule has 0 aliphatic carbocycles. The highest BCUT2D eigenvalue weighted by Gasteiger charge is 2.37. The van der Waals surface area contributed by atoms with E-state index in [9.17, 15) is 4.79 Å². The van der Waals surface area contributed by atoms with Crippen LogP contribution in [0.2, 0.25) is 0 Å². The van der Waals surface area contributed by atoms with E-state index in [1.807, 2.05) is 75.4 Å². The zero-order valence-electron chi connectivity index (χ0n) is 34.8. The summed E-state index contributed by atoms with van der Waals surface area (Å²) in [7, 11) is 0. The maximum absolute atomic E-state index is 11.5. The first-order valence-corrected chi connectivity index (χ1v) is 20.2. The summed E-state index contributed by atoms with van der Waals surface area (Å²) in [6, 6.07) is 30.9. The Bertz CT molecular complexity index is 1290. The number of ether oxygens (including phenoxy) is 12. The van der Waals surface area contributed by atoms with E-state index < -0.39 is 11.2 Å². The van der Waals surface area contributed by atoms with Gasteiger partial charge in [0.2, 0.25) is 0 Å². The molecule has 3 aromatic rings. The maximum atomic E-state index is 11.5. The van der Waals surface area contributed by atoms with Gasteiger partial charge in [-0.05, 0) is 37.5 Å². The fourth-order valence-corrected chi connectivity index (χ4v) is 5.53. The molecule has 0 spiro atoms. The number of benzene rings is 3. The Kier molecular flexibility index (Phi) is 26.7. The summed E-state index contributed by atoms with van der Waals surface area (Å²) >= 11 is 0. The third-order valence-electron chi connectivity index (χ3n) is 8.08. The van der Waals surface area contributed by atoms with Crippen molar-refractivity contribution in [1.82, 2.24) is 0 Å². The van der Waals surface area contributed by atoms with E-state index >= 15 is 0 Å². The van der Waals surface area contributed by atoms with Crippen molar-refractivity contribution < 1.29 is 61.6 Å². The van der Waals surface area contributed by atoms with Crippen molar-refractivity contribution in [2.75, 3.05) is 139 Å². The normalized spacial score (nSPS) is 11.9. The third kappa shape index (κ3) is 22.2. The predicted octanol–water partition coefficient (Wildman–Crippen LogP) is 5.50. The molecule has 3 aromatic carbocycles. The number of rotatable bonds is 36. The van der Waals surface area contributed by atoms with Gasteiger partial charge in [-0.2, -0.15) is 0 Å². The largest absolute Gasteiger partial charge is 0.458 e. The standard InChI is InChI=1S/C45H66O13/c1-44(2,3)58-43(46)39-56-36-35-54-32-31-52-28-27-50-24-23-48-20-19-47-21-22-49-25-26-51-29-30-53-33-34-55-37-38-57-45(40-13-7-4-8-14-40,41-15-9-5-10-16-41)42-17-11-6-12-18-42/h4-18H,19-39H2,1-3H3. The average molecular weight is 815 g/mol. The molecule has 0 atom stereocenters. The van der Waals surface area contributed by atoms with Crippen LogP contribution in [-0.4, -0.2) is 150 Å². The molecule has 13 nitrogen and oxygen atoms in total. The second kappa shape index (κ2) is 31.6. The molecular weight excluding hydrogens is 748 g/mol. The lowest BCUT2D eigenvalue weighted by atomic mass is 9.80. The van der Waals surface area contributed by atoms with E-state index in [1.165, 1.54) is 0 Å². The van der Waals surface area contributed by atoms with Crippen LogP contribution in [0.1, 0.15) is 37.5 Å². The monoisotopic (exact) mass is 814 g/mol. The zero-order chi connectivity index (χ0) is 41.3. The lowest BCUT2D eigenvalue weighted by Crippen LogP contribution is -2.34. The molecule has 324 valence electrons. The van der Waals surface area contributed by atoms with Gasteiger partial charge in [0.05, 0.1) is 132 Å². The minimum absolute atomic E-state index is 0.0864. The average Bonchev–Trinajstić information content (AvgIpc) is 3.23. The quantitative estimate of drug-likeness (QED) is 0.0417. The summed E-state index contributed by atoms with van der Waals surface area (Å²) in [4.78, 5) is 11.5. The van der Waals surface area contributed by atoms with E-state index in [0.717, 1.165) is 16.7 Å². The molecule has 0 aliphatic heterocycles. The number of hydrogen-bond donors (Lipinski definition) is 0. The van der Waals surface area contributed by atoms with Crippen LogP contribution >= 0.6 is 0 Å². The van der Waals surface area contributed by atoms with Crippen LogP contribution < -0.4 is 0 Å². The summed E-state index contributed by atoms with van der Waals surface area (Å²) in [6.07, 6.45) is 0. The Hall–Kier alpha value is -3.31. The Labute approximate surface area is 345 Å². The van der Waals surface area contributed by atoms with Crippen molar-refractivity contribution in [3.05, 3.63) is 108 Å². The second-order valence-corrected chi connectivity index (χ2v) is 13.8. The molecule has 0 fully saturated rings. The molecule has 0 saturated heterocycles. The molecular formula is C45H66O13. The molecule has 3 rings (SSSR count). The van der Waals surface area contributed by atoms with Gasteiger partial charge in [-0.15, -0.1) is 0 Å². The van der Waals surface area contributed by atoms with Gasteiger partial charge in [0.25, 0.3) is 0 Å². The van der Waals surface area contributed by atoms with E-state index in [2.05, 4.69) is 36.4 Å².